The molecule has 0 spiro atoms. The van der Waals surface area contributed by atoms with Crippen molar-refractivity contribution in [3.63, 3.8) is 0 Å². The van der Waals surface area contributed by atoms with Crippen LogP contribution in [0.3, 0.4) is 0 Å². The van der Waals surface area contributed by atoms with Crippen LogP contribution >= 0.6 is 24.4 Å². The first kappa shape index (κ1) is 12.8. The fourth-order valence-corrected chi connectivity index (χ4v) is 3.20. The minimum atomic E-state index is -0.0177. The van der Waals surface area contributed by atoms with Gasteiger partial charge in [0, 0.05) is 16.2 Å². The van der Waals surface area contributed by atoms with Gasteiger partial charge in [-0.05, 0) is 31.2 Å². The van der Waals surface area contributed by atoms with E-state index in [9.17, 15) is 4.79 Å². The van der Waals surface area contributed by atoms with Crippen molar-refractivity contribution in [3.8, 4) is 0 Å². The zero-order valence-corrected chi connectivity index (χ0v) is 11.6. The zero-order valence-electron chi connectivity index (χ0n) is 9.90. The van der Waals surface area contributed by atoms with Crippen LogP contribution in [0.5, 0.6) is 0 Å². The van der Waals surface area contributed by atoms with Crippen LogP contribution in [-0.2, 0) is 0 Å². The first-order valence-electron chi connectivity index (χ1n) is 5.78. The van der Waals surface area contributed by atoms with Gasteiger partial charge in [-0.15, -0.1) is 12.6 Å². The Balaban J connectivity index is 1.96. The summed E-state index contributed by atoms with van der Waals surface area (Å²) in [6, 6.07) is 7.40. The normalized spacial score (nSPS) is 17.3. The number of carbonyl (C=O) groups excluding carboxylic acids is 1. The van der Waals surface area contributed by atoms with Gasteiger partial charge < -0.3 is 5.32 Å². The molecule has 0 saturated heterocycles. The molecular formula is C13H17NOS2. The number of thiol groups is 1. The van der Waals surface area contributed by atoms with Crippen molar-refractivity contribution in [2.45, 2.75) is 28.9 Å². The smallest absolute Gasteiger partial charge is 0.252 e. The Labute approximate surface area is 112 Å². The maximum atomic E-state index is 12.0. The minimum Gasteiger partial charge on any atom is -0.351 e. The molecule has 1 aliphatic rings. The van der Waals surface area contributed by atoms with Crippen LogP contribution in [0.15, 0.2) is 29.2 Å². The summed E-state index contributed by atoms with van der Waals surface area (Å²) >= 11 is 6.16. The molecule has 0 atom stereocenters. The lowest BCUT2D eigenvalue weighted by molar-refractivity contribution is 0.0941. The molecule has 1 saturated carbocycles. The minimum absolute atomic E-state index is 0.0177. The highest BCUT2D eigenvalue weighted by Gasteiger charge is 2.36. The molecule has 1 aliphatic carbocycles. The van der Waals surface area contributed by atoms with Crippen LogP contribution in [0.1, 0.15) is 29.6 Å². The van der Waals surface area contributed by atoms with E-state index in [1.807, 2.05) is 36.0 Å². The Morgan fingerprint density at radius 1 is 1.47 bits per heavy atom. The summed E-state index contributed by atoms with van der Waals surface area (Å²) in [4.78, 5) is 12.7. The van der Waals surface area contributed by atoms with E-state index in [4.69, 9.17) is 0 Å². The molecule has 4 heteroatoms. The van der Waals surface area contributed by atoms with E-state index in [0.29, 0.717) is 5.56 Å². The number of carbonyl (C=O) groups is 1. The van der Waals surface area contributed by atoms with Gasteiger partial charge in [0.2, 0.25) is 0 Å². The molecule has 17 heavy (non-hydrogen) atoms. The molecule has 2 nitrogen and oxygen atoms in total. The summed E-state index contributed by atoms with van der Waals surface area (Å²) in [6.07, 6.45) is 5.81. The van der Waals surface area contributed by atoms with Crippen molar-refractivity contribution in [3.05, 3.63) is 29.8 Å². The number of rotatable bonds is 4. The first-order valence-corrected chi connectivity index (χ1v) is 7.45. The molecule has 1 N–H and O–H groups in total. The van der Waals surface area contributed by atoms with E-state index < -0.39 is 0 Å². The number of thioether (sulfide) groups is 1. The molecule has 1 fully saturated rings. The predicted molar refractivity (Wildman–Crippen MR) is 76.1 cm³/mol. The van der Waals surface area contributed by atoms with Crippen LogP contribution in [0.4, 0.5) is 0 Å². The van der Waals surface area contributed by atoms with E-state index in [2.05, 4.69) is 24.2 Å². The summed E-state index contributed by atoms with van der Waals surface area (Å²) in [7, 11) is 0. The number of benzene rings is 1. The molecule has 1 aromatic carbocycles. The molecule has 92 valence electrons. The summed E-state index contributed by atoms with van der Waals surface area (Å²) in [5.41, 5.74) is 0.659. The van der Waals surface area contributed by atoms with Gasteiger partial charge in [-0.2, -0.15) is 11.8 Å². The summed E-state index contributed by atoms with van der Waals surface area (Å²) in [6.45, 7) is 0.759. The van der Waals surface area contributed by atoms with Crippen molar-refractivity contribution in [1.29, 1.82) is 0 Å². The fourth-order valence-electron chi connectivity index (χ4n) is 2.03. The van der Waals surface area contributed by atoms with E-state index in [0.717, 1.165) is 11.4 Å². The van der Waals surface area contributed by atoms with Gasteiger partial charge >= 0.3 is 0 Å². The number of nitrogens with one attached hydrogen (secondary N) is 1. The standard InChI is InChI=1S/C13H17NOS2/c1-17-13(7-4-8-13)9-14-12(15)10-5-2-3-6-11(10)16/h2-3,5-6,16H,4,7-9H2,1H3,(H,14,15). The van der Waals surface area contributed by atoms with Gasteiger partial charge in [0.1, 0.15) is 0 Å². The Morgan fingerprint density at radius 3 is 2.71 bits per heavy atom. The molecule has 1 amide bonds. The Morgan fingerprint density at radius 2 is 2.18 bits per heavy atom. The SMILES string of the molecule is CSC1(CNC(=O)c2ccccc2S)CCC1. The van der Waals surface area contributed by atoms with Gasteiger partial charge in [-0.1, -0.05) is 18.6 Å². The van der Waals surface area contributed by atoms with Crippen molar-refractivity contribution < 1.29 is 4.79 Å². The average molecular weight is 267 g/mol. The third-order valence-corrected chi connectivity index (χ3v) is 5.23. The molecule has 2 rings (SSSR count). The maximum Gasteiger partial charge on any atom is 0.252 e. The van der Waals surface area contributed by atoms with E-state index in [-0.39, 0.29) is 10.7 Å². The Kier molecular flexibility index (Phi) is 4.05. The fraction of sp³-hybridized carbons (Fsp3) is 0.462. The second-order valence-corrected chi connectivity index (χ2v) is 6.20. The maximum absolute atomic E-state index is 12.0. The highest BCUT2D eigenvalue weighted by Crippen LogP contribution is 2.42. The summed E-state index contributed by atoms with van der Waals surface area (Å²) in [5.74, 6) is -0.0177. The van der Waals surface area contributed by atoms with Crippen molar-refractivity contribution in [2.75, 3.05) is 12.8 Å². The van der Waals surface area contributed by atoms with Gasteiger partial charge in [-0.25, -0.2) is 0 Å². The Bertz CT molecular complexity index is 410. The lowest BCUT2D eigenvalue weighted by atomic mass is 9.84. The predicted octanol–water partition coefficient (Wildman–Crippen LogP) is 2.99. The quantitative estimate of drug-likeness (QED) is 0.821. The second kappa shape index (κ2) is 5.36. The second-order valence-electron chi connectivity index (χ2n) is 4.44. The lowest BCUT2D eigenvalue weighted by Crippen LogP contribution is -2.45. The average Bonchev–Trinajstić information content (AvgIpc) is 2.28. The van der Waals surface area contributed by atoms with Gasteiger partial charge in [-0.3, -0.25) is 4.79 Å². The molecule has 0 unspecified atom stereocenters. The van der Waals surface area contributed by atoms with E-state index >= 15 is 0 Å². The third kappa shape index (κ3) is 2.80. The van der Waals surface area contributed by atoms with Gasteiger partial charge in [0.15, 0.2) is 0 Å². The number of hydrogen-bond acceptors (Lipinski definition) is 3. The van der Waals surface area contributed by atoms with Crippen molar-refractivity contribution in [1.82, 2.24) is 5.32 Å². The van der Waals surface area contributed by atoms with Gasteiger partial charge in [0.25, 0.3) is 5.91 Å². The van der Waals surface area contributed by atoms with Crippen LogP contribution < -0.4 is 5.32 Å². The van der Waals surface area contributed by atoms with Crippen LogP contribution in [0, 0.1) is 0 Å². The molecule has 0 aliphatic heterocycles. The van der Waals surface area contributed by atoms with Crippen molar-refractivity contribution >= 4 is 30.3 Å². The first-order chi connectivity index (χ1) is 8.17. The van der Waals surface area contributed by atoms with Crippen LogP contribution in [0.25, 0.3) is 0 Å². The number of amides is 1. The molecule has 0 radical (unpaired) electrons. The summed E-state index contributed by atoms with van der Waals surface area (Å²) in [5, 5.41) is 3.02. The third-order valence-electron chi connectivity index (χ3n) is 3.42. The molecular weight excluding hydrogens is 250 g/mol. The monoisotopic (exact) mass is 267 g/mol. The highest BCUT2D eigenvalue weighted by molar-refractivity contribution is 8.00. The van der Waals surface area contributed by atoms with E-state index in [1.54, 1.807) is 0 Å². The molecule has 0 aromatic heterocycles. The largest absolute Gasteiger partial charge is 0.351 e. The lowest BCUT2D eigenvalue weighted by Gasteiger charge is -2.40. The zero-order chi connectivity index (χ0) is 12.3. The topological polar surface area (TPSA) is 29.1 Å². The van der Waals surface area contributed by atoms with Crippen LogP contribution in [-0.4, -0.2) is 23.5 Å². The Hall–Kier alpha value is -0.610. The molecule has 1 aromatic rings. The van der Waals surface area contributed by atoms with Crippen LogP contribution in [0.2, 0.25) is 0 Å². The van der Waals surface area contributed by atoms with Crippen molar-refractivity contribution in [2.24, 2.45) is 0 Å². The highest BCUT2D eigenvalue weighted by atomic mass is 32.2. The molecule has 0 heterocycles. The van der Waals surface area contributed by atoms with E-state index in [1.165, 1.54) is 19.3 Å². The summed E-state index contributed by atoms with van der Waals surface area (Å²) < 4.78 is 0.279. The molecule has 0 bridgehead atoms. The number of hydrogen-bond donors (Lipinski definition) is 2. The van der Waals surface area contributed by atoms with Gasteiger partial charge in [0.05, 0.1) is 5.56 Å².